The van der Waals surface area contributed by atoms with E-state index in [4.69, 9.17) is 0 Å². The molecule has 5 rings (SSSR count). The van der Waals surface area contributed by atoms with E-state index in [1.165, 1.54) is 44.9 Å². The van der Waals surface area contributed by atoms with Crippen molar-refractivity contribution in [2.24, 2.45) is 56.2 Å². The third-order valence-electron chi connectivity index (χ3n) is 13.7. The van der Waals surface area contributed by atoms with Gasteiger partial charge in [-0.05, 0) is 109 Å². The van der Waals surface area contributed by atoms with Gasteiger partial charge in [0.05, 0.1) is 6.10 Å². The lowest BCUT2D eigenvalue weighted by Gasteiger charge is -2.74. The van der Waals surface area contributed by atoms with Gasteiger partial charge in [0.2, 0.25) is 0 Å². The zero-order valence-electron chi connectivity index (χ0n) is 22.3. The summed E-state index contributed by atoms with van der Waals surface area (Å²) in [7, 11) is 0. The van der Waals surface area contributed by atoms with E-state index in [1.54, 1.807) is 0 Å². The molecule has 0 aromatic heterocycles. The second-order valence-corrected chi connectivity index (χ2v) is 15.3. The molecule has 9 atom stereocenters. The van der Waals surface area contributed by atoms with E-state index < -0.39 is 0 Å². The van der Waals surface area contributed by atoms with Gasteiger partial charge in [-0.25, -0.2) is 0 Å². The highest BCUT2D eigenvalue weighted by atomic mass is 16.3. The Morgan fingerprint density at radius 3 is 1.84 bits per heavy atom. The van der Waals surface area contributed by atoms with Crippen LogP contribution in [0.4, 0.5) is 0 Å². The molecule has 0 saturated heterocycles. The van der Waals surface area contributed by atoms with Crippen LogP contribution in [0.3, 0.4) is 0 Å². The Morgan fingerprint density at radius 2 is 1.22 bits per heavy atom. The second kappa shape index (κ2) is 6.64. The third-order valence-corrected chi connectivity index (χ3v) is 13.7. The second-order valence-electron chi connectivity index (χ2n) is 15.3. The Hall–Kier alpha value is -0.370. The molecular weight excluding hydrogens is 392 g/mol. The molecule has 182 valence electrons. The number of hydrogen-bond acceptors (Lipinski definition) is 2. The molecule has 0 heterocycles. The van der Waals surface area contributed by atoms with Crippen molar-refractivity contribution in [3.8, 4) is 0 Å². The first-order valence-corrected chi connectivity index (χ1v) is 13.9. The molecule has 5 fully saturated rings. The minimum atomic E-state index is -0.158. The molecule has 0 amide bonds. The van der Waals surface area contributed by atoms with Crippen LogP contribution in [0.25, 0.3) is 0 Å². The molecule has 5 aliphatic rings. The maximum Gasteiger partial charge on any atom is 0.138 e. The van der Waals surface area contributed by atoms with E-state index in [2.05, 4.69) is 55.4 Å². The van der Waals surface area contributed by atoms with Crippen LogP contribution in [0.5, 0.6) is 0 Å². The normalized spacial score (nSPS) is 56.4. The largest absolute Gasteiger partial charge is 0.392 e. The zero-order chi connectivity index (χ0) is 23.5. The molecule has 0 aromatic rings. The van der Waals surface area contributed by atoms with E-state index in [0.717, 1.165) is 31.1 Å². The summed E-state index contributed by atoms with van der Waals surface area (Å²) < 4.78 is 0. The minimum Gasteiger partial charge on any atom is -0.392 e. The van der Waals surface area contributed by atoms with Gasteiger partial charge in [0, 0.05) is 11.8 Å². The lowest BCUT2D eigenvalue weighted by molar-refractivity contribution is -0.260. The van der Waals surface area contributed by atoms with Gasteiger partial charge in [-0.2, -0.15) is 0 Å². The quantitative estimate of drug-likeness (QED) is 0.423. The predicted molar refractivity (Wildman–Crippen MR) is 131 cm³/mol. The summed E-state index contributed by atoms with van der Waals surface area (Å²) >= 11 is 0. The Balaban J connectivity index is 1.53. The molecule has 0 spiro atoms. The van der Waals surface area contributed by atoms with Crippen molar-refractivity contribution in [3.63, 3.8) is 0 Å². The Labute approximate surface area is 197 Å². The zero-order valence-corrected chi connectivity index (χ0v) is 22.3. The Morgan fingerprint density at radius 1 is 0.656 bits per heavy atom. The average molecular weight is 443 g/mol. The Kier molecular flexibility index (Phi) is 4.85. The summed E-state index contributed by atoms with van der Waals surface area (Å²) in [5.74, 6) is 2.96. The van der Waals surface area contributed by atoms with Crippen molar-refractivity contribution in [2.45, 2.75) is 126 Å². The maximum atomic E-state index is 12.9. The lowest BCUT2D eigenvalue weighted by Crippen LogP contribution is -2.68. The van der Waals surface area contributed by atoms with Gasteiger partial charge in [-0.15, -0.1) is 0 Å². The van der Waals surface area contributed by atoms with Crippen LogP contribution in [-0.2, 0) is 4.79 Å². The highest BCUT2D eigenvalue weighted by molar-refractivity contribution is 5.85. The number of aliphatic hydroxyl groups excluding tert-OH is 1. The van der Waals surface area contributed by atoms with Crippen molar-refractivity contribution < 1.29 is 9.90 Å². The molecular formula is C30H50O2. The smallest absolute Gasteiger partial charge is 0.138 e. The van der Waals surface area contributed by atoms with Gasteiger partial charge in [0.15, 0.2) is 0 Å². The summed E-state index contributed by atoms with van der Waals surface area (Å²) in [5.41, 5.74) is 1.17. The SMILES string of the molecule is CC1(C)C(=O)CCC2(C)C1CC[C@@]1(C)C2CCC2C3(C)CCC(C)(C)[C@@H](O)C3CCC21C. The molecule has 5 saturated carbocycles. The summed E-state index contributed by atoms with van der Waals surface area (Å²) in [4.78, 5) is 12.9. The molecule has 0 aliphatic heterocycles. The molecule has 2 nitrogen and oxygen atoms in total. The molecule has 0 bridgehead atoms. The van der Waals surface area contributed by atoms with Gasteiger partial charge in [0.1, 0.15) is 5.78 Å². The highest BCUT2D eigenvalue weighted by Gasteiger charge is 2.71. The third kappa shape index (κ3) is 2.60. The number of hydrogen-bond donors (Lipinski definition) is 1. The van der Waals surface area contributed by atoms with Crippen LogP contribution in [-0.4, -0.2) is 17.0 Å². The molecule has 5 aliphatic carbocycles. The summed E-state index contributed by atoms with van der Waals surface area (Å²) in [6, 6.07) is 0. The first-order valence-electron chi connectivity index (χ1n) is 13.9. The van der Waals surface area contributed by atoms with Crippen LogP contribution in [0.1, 0.15) is 120 Å². The molecule has 0 aromatic carbocycles. The van der Waals surface area contributed by atoms with Crippen molar-refractivity contribution in [3.05, 3.63) is 0 Å². The summed E-state index contributed by atoms with van der Waals surface area (Å²) in [6.07, 6.45) is 11.8. The maximum absolute atomic E-state index is 12.9. The first kappa shape index (κ1) is 23.4. The lowest BCUT2D eigenvalue weighted by atomic mass is 9.31. The number of rotatable bonds is 0. The first-order chi connectivity index (χ1) is 14.6. The van der Waals surface area contributed by atoms with E-state index in [0.29, 0.717) is 33.9 Å². The van der Waals surface area contributed by atoms with Crippen LogP contribution in [0.2, 0.25) is 0 Å². The molecule has 1 N–H and O–H groups in total. The highest BCUT2D eigenvalue weighted by Crippen LogP contribution is 2.77. The monoisotopic (exact) mass is 442 g/mol. The fraction of sp³-hybridized carbons (Fsp3) is 0.967. The molecule has 7 unspecified atom stereocenters. The van der Waals surface area contributed by atoms with Crippen LogP contribution in [0, 0.1) is 56.2 Å². The summed E-state index contributed by atoms with van der Waals surface area (Å²) in [6.45, 7) is 19.6. The number of carbonyl (C=O) groups is 1. The van der Waals surface area contributed by atoms with E-state index in [-0.39, 0.29) is 22.3 Å². The molecule has 2 heteroatoms. The Bertz CT molecular complexity index is 812. The minimum absolute atomic E-state index is 0.0603. The molecule has 32 heavy (non-hydrogen) atoms. The topological polar surface area (TPSA) is 37.3 Å². The van der Waals surface area contributed by atoms with Crippen molar-refractivity contribution in [2.75, 3.05) is 0 Å². The summed E-state index contributed by atoms with van der Waals surface area (Å²) in [5, 5.41) is 11.4. The van der Waals surface area contributed by atoms with Gasteiger partial charge in [-0.3, -0.25) is 4.79 Å². The number of carbonyl (C=O) groups excluding carboxylic acids is 1. The van der Waals surface area contributed by atoms with Crippen LogP contribution >= 0.6 is 0 Å². The van der Waals surface area contributed by atoms with E-state index >= 15 is 0 Å². The fourth-order valence-corrected chi connectivity index (χ4v) is 11.5. The van der Waals surface area contributed by atoms with Gasteiger partial charge in [-0.1, -0.05) is 55.4 Å². The average Bonchev–Trinajstić information content (AvgIpc) is 2.69. The number of aliphatic hydroxyl groups is 1. The standard InChI is InChI=1S/C30H50O2/c1-25(2)17-18-27(5)19(24(25)32)11-15-29(7)21(27)9-10-22-28(6)14-13-23(31)26(3,4)20(28)12-16-30(22,29)8/h19-22,24,32H,9-18H2,1-8H3/t19?,20?,21?,22?,24-,27?,28?,29?,30-/m0/s1. The van der Waals surface area contributed by atoms with Crippen molar-refractivity contribution in [1.82, 2.24) is 0 Å². The van der Waals surface area contributed by atoms with Crippen LogP contribution < -0.4 is 0 Å². The van der Waals surface area contributed by atoms with E-state index in [9.17, 15) is 9.90 Å². The number of fused-ring (bicyclic) bond motifs is 7. The van der Waals surface area contributed by atoms with E-state index in [1.807, 2.05) is 0 Å². The van der Waals surface area contributed by atoms with Crippen molar-refractivity contribution >= 4 is 5.78 Å². The number of ketones is 1. The van der Waals surface area contributed by atoms with Gasteiger partial charge in [0.25, 0.3) is 0 Å². The van der Waals surface area contributed by atoms with Crippen LogP contribution in [0.15, 0.2) is 0 Å². The fourth-order valence-electron chi connectivity index (χ4n) is 11.5. The van der Waals surface area contributed by atoms with Crippen molar-refractivity contribution in [1.29, 1.82) is 0 Å². The van der Waals surface area contributed by atoms with Gasteiger partial charge >= 0.3 is 0 Å². The predicted octanol–water partition coefficient (Wildman–Crippen LogP) is 7.43. The molecule has 0 radical (unpaired) electrons. The van der Waals surface area contributed by atoms with Gasteiger partial charge < -0.3 is 5.11 Å². The number of Topliss-reactive ketones (excluding diaryl/α,β-unsaturated/α-hetero) is 1.